The lowest BCUT2D eigenvalue weighted by atomic mass is 9.48. The standard InChI is InChI=1S/C20H30O4/c1-14-6-5-7-15(2)16-12-19(4,17(16)9-8-14)20(22)11-10-18(3,13-21)23-24-20/h6,10-11,16-17,21-22H,2,5,7-9,12-13H2,1,3-4H3/b14-6+/t16-,17-,18+,19-,20+/m1/s1. The van der Waals surface area contributed by atoms with Crippen LogP contribution in [0.5, 0.6) is 0 Å². The highest BCUT2D eigenvalue weighted by atomic mass is 17.2. The minimum Gasteiger partial charge on any atom is -0.393 e. The molecule has 0 aromatic heterocycles. The van der Waals surface area contributed by atoms with Gasteiger partial charge in [-0.2, -0.15) is 4.89 Å². The quantitative estimate of drug-likeness (QED) is 0.598. The van der Waals surface area contributed by atoms with Gasteiger partial charge in [-0.3, -0.25) is 0 Å². The lowest BCUT2D eigenvalue weighted by Crippen LogP contribution is -2.63. The lowest BCUT2D eigenvalue weighted by Gasteiger charge is -2.60. The molecule has 134 valence electrons. The second-order valence-electron chi connectivity index (χ2n) is 8.29. The van der Waals surface area contributed by atoms with Crippen LogP contribution in [0.1, 0.15) is 52.9 Å². The molecule has 3 aliphatic rings. The first kappa shape index (κ1) is 17.9. The summed E-state index contributed by atoms with van der Waals surface area (Å²) in [6.07, 6.45) is 10.7. The molecule has 1 saturated carbocycles. The van der Waals surface area contributed by atoms with E-state index in [1.54, 1.807) is 19.1 Å². The molecule has 5 atom stereocenters. The van der Waals surface area contributed by atoms with Crippen molar-refractivity contribution in [3.63, 3.8) is 0 Å². The van der Waals surface area contributed by atoms with Gasteiger partial charge < -0.3 is 10.2 Å². The van der Waals surface area contributed by atoms with Crippen molar-refractivity contribution in [1.82, 2.24) is 0 Å². The monoisotopic (exact) mass is 334 g/mol. The molecule has 1 fully saturated rings. The SMILES string of the molecule is C=C1CC/C=C(\C)CC[C@@H]2[C@@H]1C[C@@]2(C)[C@]1(O)C=C[C@@](C)(CO)OO1. The van der Waals surface area contributed by atoms with Gasteiger partial charge in [0.25, 0.3) is 0 Å². The molecular formula is C20H30O4. The molecule has 0 amide bonds. The molecular weight excluding hydrogens is 304 g/mol. The fourth-order valence-corrected chi connectivity index (χ4v) is 4.44. The Morgan fingerprint density at radius 2 is 2.00 bits per heavy atom. The summed E-state index contributed by atoms with van der Waals surface area (Å²) < 4.78 is 0. The van der Waals surface area contributed by atoms with E-state index in [1.165, 1.54) is 11.1 Å². The molecule has 2 N–H and O–H groups in total. The van der Waals surface area contributed by atoms with Crippen molar-refractivity contribution in [3.8, 4) is 0 Å². The van der Waals surface area contributed by atoms with E-state index in [2.05, 4.69) is 26.5 Å². The largest absolute Gasteiger partial charge is 0.393 e. The van der Waals surface area contributed by atoms with Crippen molar-refractivity contribution < 1.29 is 20.0 Å². The fraction of sp³-hybridized carbons (Fsp3) is 0.700. The van der Waals surface area contributed by atoms with Crippen LogP contribution in [0.25, 0.3) is 0 Å². The zero-order chi connectivity index (χ0) is 17.6. The number of rotatable bonds is 2. The maximum absolute atomic E-state index is 11.1. The second kappa shape index (κ2) is 6.10. The molecule has 0 aromatic rings. The summed E-state index contributed by atoms with van der Waals surface area (Å²) in [5, 5.41) is 20.5. The molecule has 0 saturated heterocycles. The number of hydrogen-bond donors (Lipinski definition) is 2. The zero-order valence-corrected chi connectivity index (χ0v) is 15.0. The lowest BCUT2D eigenvalue weighted by molar-refractivity contribution is -0.480. The third kappa shape index (κ3) is 2.80. The minimum absolute atomic E-state index is 0.191. The third-order valence-electron chi connectivity index (χ3n) is 6.43. The van der Waals surface area contributed by atoms with Gasteiger partial charge in [0.05, 0.1) is 6.61 Å². The summed E-state index contributed by atoms with van der Waals surface area (Å²) in [6.45, 7) is 10.1. The highest BCUT2D eigenvalue weighted by Gasteiger charge is 2.63. The maximum atomic E-state index is 11.1. The van der Waals surface area contributed by atoms with Gasteiger partial charge in [-0.05, 0) is 69.9 Å². The van der Waals surface area contributed by atoms with Crippen LogP contribution in [0.2, 0.25) is 0 Å². The van der Waals surface area contributed by atoms with Crippen molar-refractivity contribution in [2.45, 2.75) is 64.3 Å². The summed E-state index contributed by atoms with van der Waals surface area (Å²) in [5.74, 6) is -0.723. The van der Waals surface area contributed by atoms with Gasteiger partial charge in [0.15, 0.2) is 0 Å². The maximum Gasteiger partial charge on any atom is 0.224 e. The Bertz CT molecular complexity index is 580. The Hall–Kier alpha value is -0.940. The summed E-state index contributed by atoms with van der Waals surface area (Å²) >= 11 is 0. The van der Waals surface area contributed by atoms with E-state index < -0.39 is 16.8 Å². The number of fused-ring (bicyclic) bond motifs is 1. The first-order valence-electron chi connectivity index (χ1n) is 8.97. The number of allylic oxidation sites excluding steroid dienone is 3. The van der Waals surface area contributed by atoms with Crippen LogP contribution >= 0.6 is 0 Å². The molecule has 0 unspecified atom stereocenters. The van der Waals surface area contributed by atoms with Gasteiger partial charge >= 0.3 is 0 Å². The molecule has 0 radical (unpaired) electrons. The van der Waals surface area contributed by atoms with Crippen LogP contribution in [0.15, 0.2) is 36.0 Å². The molecule has 4 nitrogen and oxygen atoms in total. The second-order valence-corrected chi connectivity index (χ2v) is 8.29. The van der Waals surface area contributed by atoms with Crippen molar-refractivity contribution in [1.29, 1.82) is 0 Å². The average molecular weight is 334 g/mol. The molecule has 0 spiro atoms. The van der Waals surface area contributed by atoms with Crippen LogP contribution in [0, 0.1) is 17.3 Å². The normalized spacial score (nSPS) is 48.4. The Balaban J connectivity index is 1.84. The van der Waals surface area contributed by atoms with E-state index in [1.807, 2.05) is 0 Å². The Morgan fingerprint density at radius 3 is 2.62 bits per heavy atom. The van der Waals surface area contributed by atoms with Crippen molar-refractivity contribution >= 4 is 0 Å². The van der Waals surface area contributed by atoms with Crippen molar-refractivity contribution in [3.05, 3.63) is 36.0 Å². The molecule has 1 heterocycles. The average Bonchev–Trinajstić information content (AvgIpc) is 2.59. The number of hydrogen-bond acceptors (Lipinski definition) is 4. The molecule has 4 heteroatoms. The number of aliphatic hydroxyl groups is 2. The first-order chi connectivity index (χ1) is 11.2. The molecule has 1 aliphatic heterocycles. The topological polar surface area (TPSA) is 58.9 Å². The Kier molecular flexibility index (Phi) is 4.54. The number of aliphatic hydroxyl groups excluding tert-OH is 1. The summed E-state index contributed by atoms with van der Waals surface area (Å²) in [6, 6.07) is 0. The van der Waals surface area contributed by atoms with Crippen LogP contribution < -0.4 is 0 Å². The summed E-state index contributed by atoms with van der Waals surface area (Å²) in [7, 11) is 0. The first-order valence-corrected chi connectivity index (χ1v) is 8.97. The van der Waals surface area contributed by atoms with Gasteiger partial charge in [0.2, 0.25) is 5.79 Å². The Morgan fingerprint density at radius 1 is 1.25 bits per heavy atom. The van der Waals surface area contributed by atoms with E-state index in [0.717, 1.165) is 32.1 Å². The predicted octanol–water partition coefficient (Wildman–Crippen LogP) is 3.66. The smallest absolute Gasteiger partial charge is 0.224 e. The Labute approximate surface area is 144 Å². The summed E-state index contributed by atoms with van der Waals surface area (Å²) in [5.41, 5.74) is 1.38. The highest BCUT2D eigenvalue weighted by molar-refractivity contribution is 5.23. The van der Waals surface area contributed by atoms with E-state index in [0.29, 0.717) is 11.8 Å². The van der Waals surface area contributed by atoms with E-state index in [4.69, 9.17) is 9.78 Å². The minimum atomic E-state index is -1.46. The van der Waals surface area contributed by atoms with Crippen molar-refractivity contribution in [2.75, 3.05) is 6.61 Å². The van der Waals surface area contributed by atoms with E-state index in [-0.39, 0.29) is 6.61 Å². The van der Waals surface area contributed by atoms with Gasteiger partial charge in [-0.1, -0.05) is 30.7 Å². The third-order valence-corrected chi connectivity index (χ3v) is 6.43. The van der Waals surface area contributed by atoms with Crippen LogP contribution in [0.3, 0.4) is 0 Å². The molecule has 0 bridgehead atoms. The zero-order valence-electron chi connectivity index (χ0n) is 15.0. The van der Waals surface area contributed by atoms with E-state index in [9.17, 15) is 10.2 Å². The van der Waals surface area contributed by atoms with Crippen molar-refractivity contribution in [2.24, 2.45) is 17.3 Å². The molecule has 2 aliphatic carbocycles. The predicted molar refractivity (Wildman–Crippen MR) is 92.8 cm³/mol. The van der Waals surface area contributed by atoms with Crippen LogP contribution in [-0.4, -0.2) is 28.2 Å². The summed E-state index contributed by atoms with van der Waals surface area (Å²) in [4.78, 5) is 10.8. The van der Waals surface area contributed by atoms with Crippen LogP contribution in [0.4, 0.5) is 0 Å². The fourth-order valence-electron chi connectivity index (χ4n) is 4.44. The van der Waals surface area contributed by atoms with Gasteiger partial charge in [-0.25, -0.2) is 4.89 Å². The van der Waals surface area contributed by atoms with Gasteiger partial charge in [0.1, 0.15) is 5.60 Å². The van der Waals surface area contributed by atoms with E-state index >= 15 is 0 Å². The van der Waals surface area contributed by atoms with Gasteiger partial charge in [0, 0.05) is 5.41 Å². The molecule has 3 rings (SSSR count). The molecule has 0 aromatic carbocycles. The van der Waals surface area contributed by atoms with Gasteiger partial charge in [-0.15, -0.1) is 0 Å². The molecule has 24 heavy (non-hydrogen) atoms. The van der Waals surface area contributed by atoms with Crippen LogP contribution in [-0.2, 0) is 9.78 Å². The highest BCUT2D eigenvalue weighted by Crippen LogP contribution is 2.63.